The maximum atomic E-state index is 12.9. The molecule has 0 spiro atoms. The monoisotopic (exact) mass is 372 g/mol. The number of ether oxygens (including phenoxy) is 2. The zero-order valence-corrected chi connectivity index (χ0v) is 15.5. The van der Waals surface area contributed by atoms with Crippen LogP contribution in [0.15, 0.2) is 29.9 Å². The van der Waals surface area contributed by atoms with Crippen LogP contribution in [0.1, 0.15) is 28.3 Å². The Kier molecular flexibility index (Phi) is 4.60. The van der Waals surface area contributed by atoms with E-state index in [1.54, 1.807) is 6.20 Å². The third-order valence-corrected chi connectivity index (χ3v) is 5.19. The third-order valence-electron chi connectivity index (χ3n) is 4.43. The molecule has 0 bridgehead atoms. The molecule has 1 fully saturated rings. The van der Waals surface area contributed by atoms with E-state index in [1.165, 1.54) is 11.3 Å². The summed E-state index contributed by atoms with van der Waals surface area (Å²) < 4.78 is 13.4. The first-order valence-electron chi connectivity index (χ1n) is 8.52. The van der Waals surface area contributed by atoms with Gasteiger partial charge < -0.3 is 14.8 Å². The Morgan fingerprint density at radius 1 is 1.42 bits per heavy atom. The number of aryl methyl sites for hydroxylation is 2. The summed E-state index contributed by atoms with van der Waals surface area (Å²) in [5, 5.41) is 4.98. The van der Waals surface area contributed by atoms with E-state index in [0.717, 1.165) is 10.7 Å². The van der Waals surface area contributed by atoms with Gasteiger partial charge in [-0.2, -0.15) is 0 Å². The average Bonchev–Trinajstić information content (AvgIpc) is 3.18. The van der Waals surface area contributed by atoms with E-state index in [-0.39, 0.29) is 18.1 Å². The molecule has 8 heteroatoms. The molecule has 1 saturated heterocycles. The number of nitrogens with zero attached hydrogens (tertiary/aromatic N) is 3. The van der Waals surface area contributed by atoms with Crippen molar-refractivity contribution in [3.05, 3.63) is 47.0 Å². The van der Waals surface area contributed by atoms with E-state index in [1.807, 2.05) is 42.0 Å². The Hall–Kier alpha value is -2.45. The van der Waals surface area contributed by atoms with Crippen molar-refractivity contribution in [2.24, 2.45) is 0 Å². The highest BCUT2D eigenvalue weighted by Crippen LogP contribution is 2.20. The predicted molar refractivity (Wildman–Crippen MR) is 97.9 cm³/mol. The largest absolute Gasteiger partial charge is 0.486 e. The van der Waals surface area contributed by atoms with Gasteiger partial charge in [0.1, 0.15) is 17.5 Å². The fourth-order valence-corrected chi connectivity index (χ4v) is 3.86. The van der Waals surface area contributed by atoms with Crippen molar-refractivity contribution >= 4 is 22.2 Å². The van der Waals surface area contributed by atoms with Crippen molar-refractivity contribution in [2.75, 3.05) is 13.2 Å². The molecule has 7 nitrogen and oxygen atoms in total. The van der Waals surface area contributed by atoms with Crippen LogP contribution in [0.25, 0.3) is 4.96 Å². The first kappa shape index (κ1) is 17.0. The van der Waals surface area contributed by atoms with Crippen molar-refractivity contribution in [3.63, 3.8) is 0 Å². The van der Waals surface area contributed by atoms with E-state index in [9.17, 15) is 4.79 Å². The van der Waals surface area contributed by atoms with Gasteiger partial charge in [0.05, 0.1) is 31.1 Å². The third kappa shape index (κ3) is 3.30. The average molecular weight is 372 g/mol. The topological polar surface area (TPSA) is 77.8 Å². The molecule has 0 saturated carbocycles. The van der Waals surface area contributed by atoms with Gasteiger partial charge in [-0.3, -0.25) is 14.2 Å². The van der Waals surface area contributed by atoms with Gasteiger partial charge >= 0.3 is 0 Å². The second-order valence-electron chi connectivity index (χ2n) is 6.34. The summed E-state index contributed by atoms with van der Waals surface area (Å²) in [5.74, 6) is 0.530. The van der Waals surface area contributed by atoms with Crippen LogP contribution in [0.4, 0.5) is 0 Å². The lowest BCUT2D eigenvalue weighted by Gasteiger charge is -2.32. The number of carbonyl (C=O) groups excluding carboxylic acids is 1. The highest BCUT2D eigenvalue weighted by Gasteiger charge is 2.30. The summed E-state index contributed by atoms with van der Waals surface area (Å²) in [5.41, 5.74) is 2.21. The first-order valence-corrected chi connectivity index (χ1v) is 9.40. The van der Waals surface area contributed by atoms with Crippen molar-refractivity contribution < 1.29 is 14.3 Å². The van der Waals surface area contributed by atoms with E-state index >= 15 is 0 Å². The van der Waals surface area contributed by atoms with Gasteiger partial charge in [0, 0.05) is 23.7 Å². The lowest BCUT2D eigenvalue weighted by molar-refractivity contribution is -0.00309. The van der Waals surface area contributed by atoms with Crippen LogP contribution in [-0.2, 0) is 4.74 Å². The zero-order valence-electron chi connectivity index (χ0n) is 14.6. The normalized spacial score (nSPS) is 20.2. The number of nitrogens with one attached hydrogen (secondary N) is 1. The molecule has 0 aliphatic carbocycles. The maximum Gasteiger partial charge on any atom is 0.270 e. The molecule has 0 aromatic carbocycles. The Morgan fingerprint density at radius 2 is 2.31 bits per heavy atom. The van der Waals surface area contributed by atoms with Crippen LogP contribution < -0.4 is 10.1 Å². The SMILES string of the molecule is Cc1ccc(O[C@H]2CCOC[C@H]2NC(=O)c2c(C)nc3sccn23)cn1. The summed E-state index contributed by atoms with van der Waals surface area (Å²) in [4.78, 5) is 22.4. The van der Waals surface area contributed by atoms with Gasteiger partial charge in [-0.05, 0) is 26.0 Å². The molecular formula is C18H20N4O3S. The van der Waals surface area contributed by atoms with Gasteiger partial charge in [-0.25, -0.2) is 4.98 Å². The van der Waals surface area contributed by atoms with Crippen molar-refractivity contribution in [1.82, 2.24) is 19.7 Å². The smallest absolute Gasteiger partial charge is 0.270 e. The number of pyridine rings is 1. The minimum atomic E-state index is -0.235. The van der Waals surface area contributed by atoms with Crippen molar-refractivity contribution in [2.45, 2.75) is 32.4 Å². The molecule has 4 heterocycles. The molecular weight excluding hydrogens is 352 g/mol. The number of hydrogen-bond donors (Lipinski definition) is 1. The summed E-state index contributed by atoms with van der Waals surface area (Å²) in [6.45, 7) is 4.80. The second-order valence-corrected chi connectivity index (χ2v) is 7.21. The van der Waals surface area contributed by atoms with Crippen molar-refractivity contribution in [3.8, 4) is 5.75 Å². The molecule has 3 aromatic rings. The van der Waals surface area contributed by atoms with Crippen LogP contribution in [0.5, 0.6) is 5.75 Å². The Balaban J connectivity index is 1.51. The maximum absolute atomic E-state index is 12.9. The van der Waals surface area contributed by atoms with Crippen LogP contribution in [0.2, 0.25) is 0 Å². The highest BCUT2D eigenvalue weighted by atomic mass is 32.1. The number of fused-ring (bicyclic) bond motifs is 1. The van der Waals surface area contributed by atoms with Crippen LogP contribution in [0.3, 0.4) is 0 Å². The van der Waals surface area contributed by atoms with Gasteiger partial charge in [-0.15, -0.1) is 11.3 Å². The van der Waals surface area contributed by atoms with E-state index in [2.05, 4.69) is 15.3 Å². The quantitative estimate of drug-likeness (QED) is 0.761. The summed E-state index contributed by atoms with van der Waals surface area (Å²) >= 11 is 1.50. The lowest BCUT2D eigenvalue weighted by Crippen LogP contribution is -2.52. The number of amides is 1. The Morgan fingerprint density at radius 3 is 3.12 bits per heavy atom. The van der Waals surface area contributed by atoms with Crippen molar-refractivity contribution in [1.29, 1.82) is 0 Å². The Labute approximate surface area is 155 Å². The second kappa shape index (κ2) is 7.05. The summed E-state index contributed by atoms with van der Waals surface area (Å²) in [7, 11) is 0. The highest BCUT2D eigenvalue weighted by molar-refractivity contribution is 7.15. The molecule has 26 heavy (non-hydrogen) atoms. The van der Waals surface area contributed by atoms with Crippen LogP contribution in [-0.4, -0.2) is 45.6 Å². The number of rotatable bonds is 4. The predicted octanol–water partition coefficient (Wildman–Crippen LogP) is 2.37. The number of imidazole rings is 1. The minimum Gasteiger partial charge on any atom is -0.486 e. The van der Waals surface area contributed by atoms with Crippen LogP contribution in [0, 0.1) is 13.8 Å². The molecule has 0 radical (unpaired) electrons. The van der Waals surface area contributed by atoms with Gasteiger partial charge in [-0.1, -0.05) is 0 Å². The Bertz CT molecular complexity index is 918. The molecule has 1 aliphatic heterocycles. The fraction of sp³-hybridized carbons (Fsp3) is 0.389. The van der Waals surface area contributed by atoms with Gasteiger partial charge in [0.15, 0.2) is 4.96 Å². The number of thiazole rings is 1. The number of carbonyl (C=O) groups is 1. The minimum absolute atomic E-state index is 0.164. The van der Waals surface area contributed by atoms with E-state index < -0.39 is 0 Å². The lowest BCUT2D eigenvalue weighted by atomic mass is 10.1. The first-order chi connectivity index (χ1) is 12.6. The molecule has 4 rings (SSSR count). The molecule has 2 atom stereocenters. The van der Waals surface area contributed by atoms with Gasteiger partial charge in [0.2, 0.25) is 0 Å². The molecule has 1 aliphatic rings. The zero-order chi connectivity index (χ0) is 18.1. The molecule has 1 amide bonds. The summed E-state index contributed by atoms with van der Waals surface area (Å²) in [6, 6.07) is 3.57. The number of hydrogen-bond acceptors (Lipinski definition) is 6. The molecule has 1 N–H and O–H groups in total. The molecule has 136 valence electrons. The summed E-state index contributed by atoms with van der Waals surface area (Å²) in [6.07, 6.45) is 4.11. The van der Waals surface area contributed by atoms with E-state index in [4.69, 9.17) is 9.47 Å². The molecule has 3 aromatic heterocycles. The molecule has 0 unspecified atom stereocenters. The van der Waals surface area contributed by atoms with E-state index in [0.29, 0.717) is 36.8 Å². The fourth-order valence-electron chi connectivity index (χ4n) is 3.10. The standard InChI is InChI=1S/C18H20N4O3S/c1-11-3-4-13(9-19-11)25-15-5-7-24-10-14(15)21-17(23)16-12(2)20-18-22(16)6-8-26-18/h3-4,6,8-9,14-15H,5,7,10H2,1-2H3,(H,21,23)/t14-,15+/m1/s1. The van der Waals surface area contributed by atoms with Crippen LogP contribution >= 0.6 is 11.3 Å². The number of aromatic nitrogens is 3. The van der Waals surface area contributed by atoms with Gasteiger partial charge in [0.25, 0.3) is 5.91 Å².